The Hall–Kier alpha value is -0.540. The largest absolute Gasteiger partial charge is 0.288 e. The topological polar surface area (TPSA) is 17.1 Å². The fraction of sp³-hybridized carbons (Fsp3) is 0.0714. The van der Waals surface area contributed by atoms with E-state index in [-0.39, 0.29) is 21.4 Å². The number of halogens is 4. The van der Waals surface area contributed by atoms with Crippen LogP contribution in [0.15, 0.2) is 34.8 Å². The Morgan fingerprint density at radius 3 is 2.16 bits per heavy atom. The Labute approximate surface area is 134 Å². The summed E-state index contributed by atoms with van der Waals surface area (Å²) in [4.78, 5) is 12.5. The van der Waals surface area contributed by atoms with E-state index < -0.39 is 0 Å². The van der Waals surface area contributed by atoms with Crippen LogP contribution in [-0.4, -0.2) is 5.78 Å². The summed E-state index contributed by atoms with van der Waals surface area (Å²) in [5.74, 6) is -0.237. The van der Waals surface area contributed by atoms with E-state index >= 15 is 0 Å². The Balaban J connectivity index is 2.56. The second-order valence-electron chi connectivity index (χ2n) is 4.06. The van der Waals surface area contributed by atoms with Crippen LogP contribution in [-0.2, 0) is 0 Å². The van der Waals surface area contributed by atoms with Crippen molar-refractivity contribution in [3.63, 3.8) is 0 Å². The van der Waals surface area contributed by atoms with Crippen molar-refractivity contribution in [1.29, 1.82) is 0 Å². The Kier molecular flexibility index (Phi) is 4.57. The molecule has 0 aromatic heterocycles. The first-order valence-corrected chi connectivity index (χ1v) is 7.28. The molecule has 98 valence electrons. The van der Waals surface area contributed by atoms with Gasteiger partial charge in [-0.3, -0.25) is 4.79 Å². The maximum Gasteiger partial charge on any atom is 0.197 e. The van der Waals surface area contributed by atoms with Crippen LogP contribution in [0.5, 0.6) is 0 Å². The van der Waals surface area contributed by atoms with Crippen molar-refractivity contribution >= 4 is 56.5 Å². The number of hydrogen-bond acceptors (Lipinski definition) is 1. The third-order valence-corrected chi connectivity index (χ3v) is 4.07. The first kappa shape index (κ1) is 14.9. The number of hydrogen-bond donors (Lipinski definition) is 0. The summed E-state index contributed by atoms with van der Waals surface area (Å²) in [5.41, 5.74) is 1.82. The average molecular weight is 378 g/mol. The molecule has 2 rings (SSSR count). The molecule has 0 unspecified atom stereocenters. The van der Waals surface area contributed by atoms with E-state index in [9.17, 15) is 4.79 Å². The quantitative estimate of drug-likeness (QED) is 0.590. The molecule has 0 aliphatic rings. The summed E-state index contributed by atoms with van der Waals surface area (Å²) in [7, 11) is 0. The molecule has 5 heteroatoms. The summed E-state index contributed by atoms with van der Waals surface area (Å²) in [6.45, 7) is 1.95. The zero-order chi connectivity index (χ0) is 14.2. The van der Waals surface area contributed by atoms with Crippen LogP contribution in [0.2, 0.25) is 15.1 Å². The molecule has 2 aromatic carbocycles. The van der Waals surface area contributed by atoms with Crippen molar-refractivity contribution in [2.24, 2.45) is 0 Å². The van der Waals surface area contributed by atoms with Crippen LogP contribution in [0.3, 0.4) is 0 Å². The van der Waals surface area contributed by atoms with Gasteiger partial charge in [-0.05, 0) is 36.8 Å². The van der Waals surface area contributed by atoms with Gasteiger partial charge in [-0.25, -0.2) is 0 Å². The zero-order valence-electron chi connectivity index (χ0n) is 9.81. The lowest BCUT2D eigenvalue weighted by Gasteiger charge is -2.09. The van der Waals surface area contributed by atoms with Crippen LogP contribution in [0, 0.1) is 6.92 Å². The smallest absolute Gasteiger partial charge is 0.197 e. The molecule has 0 fully saturated rings. The number of rotatable bonds is 2. The monoisotopic (exact) mass is 376 g/mol. The highest BCUT2D eigenvalue weighted by molar-refractivity contribution is 9.10. The van der Waals surface area contributed by atoms with Gasteiger partial charge in [-0.1, -0.05) is 56.8 Å². The molecule has 0 atom stereocenters. The van der Waals surface area contributed by atoms with Crippen molar-refractivity contribution < 1.29 is 4.79 Å². The molecule has 0 heterocycles. The third-order valence-electron chi connectivity index (χ3n) is 2.60. The van der Waals surface area contributed by atoms with Gasteiger partial charge in [0, 0.05) is 15.1 Å². The molecular formula is C14H8BrCl3O. The van der Waals surface area contributed by atoms with E-state index in [0.29, 0.717) is 15.1 Å². The molecule has 0 radical (unpaired) electrons. The van der Waals surface area contributed by atoms with Gasteiger partial charge < -0.3 is 0 Å². The zero-order valence-corrected chi connectivity index (χ0v) is 13.7. The SMILES string of the molecule is Cc1ccc(C(=O)c2c(Cl)cc(Cl)cc2Cl)c(Br)c1. The van der Waals surface area contributed by atoms with Crippen LogP contribution in [0.4, 0.5) is 0 Å². The molecule has 0 aliphatic carbocycles. The normalized spacial score (nSPS) is 10.6. The predicted octanol–water partition coefficient (Wildman–Crippen LogP) is 5.95. The van der Waals surface area contributed by atoms with Crippen molar-refractivity contribution in [2.75, 3.05) is 0 Å². The van der Waals surface area contributed by atoms with E-state index in [0.717, 1.165) is 5.56 Å². The fourth-order valence-electron chi connectivity index (χ4n) is 1.70. The van der Waals surface area contributed by atoms with Gasteiger partial charge in [-0.15, -0.1) is 0 Å². The molecule has 2 aromatic rings. The maximum atomic E-state index is 12.5. The van der Waals surface area contributed by atoms with Gasteiger partial charge in [0.25, 0.3) is 0 Å². The van der Waals surface area contributed by atoms with E-state index in [1.54, 1.807) is 6.07 Å². The minimum absolute atomic E-state index is 0.237. The highest BCUT2D eigenvalue weighted by Crippen LogP contribution is 2.32. The van der Waals surface area contributed by atoms with Gasteiger partial charge in [0.2, 0.25) is 0 Å². The number of benzene rings is 2. The molecule has 0 amide bonds. The average Bonchev–Trinajstić information content (AvgIpc) is 2.26. The Morgan fingerprint density at radius 2 is 1.63 bits per heavy atom. The molecule has 0 aliphatic heterocycles. The van der Waals surface area contributed by atoms with Crippen LogP contribution in [0.25, 0.3) is 0 Å². The van der Waals surface area contributed by atoms with Crippen molar-refractivity contribution in [2.45, 2.75) is 6.92 Å². The number of ketones is 1. The molecular weight excluding hydrogens is 370 g/mol. The maximum absolute atomic E-state index is 12.5. The van der Waals surface area contributed by atoms with Gasteiger partial charge in [0.1, 0.15) is 0 Å². The second-order valence-corrected chi connectivity index (χ2v) is 6.16. The van der Waals surface area contributed by atoms with E-state index in [1.165, 1.54) is 12.1 Å². The van der Waals surface area contributed by atoms with Gasteiger partial charge >= 0.3 is 0 Å². The summed E-state index contributed by atoms with van der Waals surface area (Å²) in [5, 5.41) is 0.888. The molecule has 0 saturated heterocycles. The molecule has 0 bridgehead atoms. The molecule has 19 heavy (non-hydrogen) atoms. The molecule has 1 nitrogen and oxygen atoms in total. The van der Waals surface area contributed by atoms with E-state index in [1.807, 2.05) is 19.1 Å². The predicted molar refractivity (Wildman–Crippen MR) is 83.8 cm³/mol. The summed E-state index contributed by atoms with van der Waals surface area (Å²) in [6.07, 6.45) is 0. The van der Waals surface area contributed by atoms with Crippen LogP contribution in [0.1, 0.15) is 21.5 Å². The van der Waals surface area contributed by atoms with Gasteiger partial charge in [0.15, 0.2) is 5.78 Å². The van der Waals surface area contributed by atoms with Gasteiger partial charge in [-0.2, -0.15) is 0 Å². The summed E-state index contributed by atoms with van der Waals surface area (Å²) >= 11 is 21.3. The molecule has 0 spiro atoms. The Morgan fingerprint density at radius 1 is 1.05 bits per heavy atom. The van der Waals surface area contributed by atoms with Crippen molar-refractivity contribution in [1.82, 2.24) is 0 Å². The van der Waals surface area contributed by atoms with Crippen molar-refractivity contribution in [3.05, 3.63) is 66.6 Å². The lowest BCUT2D eigenvalue weighted by atomic mass is 10.0. The second kappa shape index (κ2) is 5.84. The van der Waals surface area contributed by atoms with Crippen molar-refractivity contribution in [3.8, 4) is 0 Å². The number of aryl methyl sites for hydroxylation is 1. The Bertz CT molecular complexity index is 645. The van der Waals surface area contributed by atoms with Crippen LogP contribution < -0.4 is 0 Å². The fourth-order valence-corrected chi connectivity index (χ4v) is 3.36. The highest BCUT2D eigenvalue weighted by atomic mass is 79.9. The number of carbonyl (C=O) groups excluding carboxylic acids is 1. The van der Waals surface area contributed by atoms with Gasteiger partial charge in [0.05, 0.1) is 15.6 Å². The minimum Gasteiger partial charge on any atom is -0.288 e. The summed E-state index contributed by atoms with van der Waals surface area (Å²) in [6, 6.07) is 8.47. The number of carbonyl (C=O) groups is 1. The van der Waals surface area contributed by atoms with Crippen LogP contribution >= 0.6 is 50.7 Å². The van der Waals surface area contributed by atoms with E-state index in [2.05, 4.69) is 15.9 Å². The minimum atomic E-state index is -0.237. The lowest BCUT2D eigenvalue weighted by molar-refractivity contribution is 0.103. The first-order valence-electron chi connectivity index (χ1n) is 5.35. The standard InChI is InChI=1S/C14H8BrCl3O/c1-7-2-3-9(10(15)4-7)14(19)13-11(17)5-8(16)6-12(13)18/h2-6H,1H3. The molecule has 0 saturated carbocycles. The molecule has 0 N–H and O–H groups in total. The third kappa shape index (κ3) is 3.14. The first-order chi connectivity index (χ1) is 8.90. The lowest BCUT2D eigenvalue weighted by Crippen LogP contribution is -2.04. The van der Waals surface area contributed by atoms with E-state index in [4.69, 9.17) is 34.8 Å². The summed E-state index contributed by atoms with van der Waals surface area (Å²) < 4.78 is 0.708. The highest BCUT2D eigenvalue weighted by Gasteiger charge is 2.19.